The predicted molar refractivity (Wildman–Crippen MR) is 134 cm³/mol. The van der Waals surface area contributed by atoms with E-state index in [0.29, 0.717) is 31.8 Å². The minimum absolute atomic E-state index is 0.0466. The number of rotatable bonds is 8. The SMILES string of the molecule is CC(=O)N(Cc1ccc(-c2cccc(Nc3cc(C)ccn3)n2)s1)CC1CCC(C(=O)O)CC1. The third-order valence-electron chi connectivity index (χ3n) is 6.30. The lowest BCUT2D eigenvalue weighted by atomic mass is 9.82. The van der Waals surface area contributed by atoms with E-state index in [1.54, 1.807) is 24.5 Å². The van der Waals surface area contributed by atoms with Gasteiger partial charge >= 0.3 is 5.97 Å². The molecule has 8 heteroatoms. The molecule has 7 nitrogen and oxygen atoms in total. The van der Waals surface area contributed by atoms with Gasteiger partial charge in [0, 0.05) is 24.5 Å². The number of carbonyl (C=O) groups is 2. The fraction of sp³-hybridized carbons (Fsp3) is 0.385. The fourth-order valence-corrected chi connectivity index (χ4v) is 5.37. The van der Waals surface area contributed by atoms with Crippen molar-refractivity contribution in [2.75, 3.05) is 11.9 Å². The van der Waals surface area contributed by atoms with Gasteiger partial charge in [0.05, 0.1) is 23.0 Å². The molecule has 1 aliphatic rings. The first-order valence-electron chi connectivity index (χ1n) is 11.6. The van der Waals surface area contributed by atoms with E-state index in [-0.39, 0.29) is 11.8 Å². The Morgan fingerprint density at radius 1 is 1.12 bits per heavy atom. The molecule has 0 saturated heterocycles. The van der Waals surface area contributed by atoms with E-state index in [4.69, 9.17) is 4.98 Å². The van der Waals surface area contributed by atoms with Gasteiger partial charge < -0.3 is 15.3 Å². The van der Waals surface area contributed by atoms with Crippen LogP contribution < -0.4 is 5.32 Å². The summed E-state index contributed by atoms with van der Waals surface area (Å²) in [5.41, 5.74) is 2.00. The van der Waals surface area contributed by atoms with E-state index in [9.17, 15) is 14.7 Å². The van der Waals surface area contributed by atoms with Crippen LogP contribution in [0.3, 0.4) is 0 Å². The molecule has 0 aromatic carbocycles. The Bertz CT molecular complexity index is 1150. The van der Waals surface area contributed by atoms with Crippen molar-refractivity contribution >= 4 is 34.8 Å². The molecule has 178 valence electrons. The van der Waals surface area contributed by atoms with Crippen LogP contribution in [0.4, 0.5) is 11.6 Å². The number of carbonyl (C=O) groups excluding carboxylic acids is 1. The second kappa shape index (κ2) is 10.8. The average molecular weight is 479 g/mol. The summed E-state index contributed by atoms with van der Waals surface area (Å²) in [5, 5.41) is 12.5. The molecular weight excluding hydrogens is 448 g/mol. The van der Waals surface area contributed by atoms with Gasteiger partial charge in [0.15, 0.2) is 0 Å². The minimum Gasteiger partial charge on any atom is -0.481 e. The lowest BCUT2D eigenvalue weighted by Crippen LogP contribution is -2.35. The zero-order valence-corrected chi connectivity index (χ0v) is 20.3. The molecule has 1 fully saturated rings. The zero-order valence-electron chi connectivity index (χ0n) is 19.5. The number of carboxylic acids is 1. The maximum absolute atomic E-state index is 12.3. The van der Waals surface area contributed by atoms with Crippen LogP contribution in [0.2, 0.25) is 0 Å². The first-order valence-corrected chi connectivity index (χ1v) is 12.4. The topological polar surface area (TPSA) is 95.4 Å². The van der Waals surface area contributed by atoms with Gasteiger partial charge in [-0.25, -0.2) is 9.97 Å². The van der Waals surface area contributed by atoms with Crippen molar-refractivity contribution in [1.29, 1.82) is 0 Å². The first kappa shape index (κ1) is 23.9. The number of thiophene rings is 1. The summed E-state index contributed by atoms with van der Waals surface area (Å²) >= 11 is 1.64. The van der Waals surface area contributed by atoms with Crippen molar-refractivity contribution in [2.45, 2.75) is 46.1 Å². The van der Waals surface area contributed by atoms with E-state index in [2.05, 4.69) is 16.4 Å². The number of aryl methyl sites for hydroxylation is 1. The predicted octanol–water partition coefficient (Wildman–Crippen LogP) is 5.50. The Hall–Kier alpha value is -3.26. The normalized spacial score (nSPS) is 17.8. The van der Waals surface area contributed by atoms with Gasteiger partial charge in [0.25, 0.3) is 0 Å². The summed E-state index contributed by atoms with van der Waals surface area (Å²) in [5.74, 6) is 0.958. The van der Waals surface area contributed by atoms with Crippen molar-refractivity contribution in [2.24, 2.45) is 11.8 Å². The van der Waals surface area contributed by atoms with Gasteiger partial charge in [0.2, 0.25) is 5.91 Å². The summed E-state index contributed by atoms with van der Waals surface area (Å²) in [4.78, 5) is 36.6. The smallest absolute Gasteiger partial charge is 0.306 e. The highest BCUT2D eigenvalue weighted by Gasteiger charge is 2.27. The van der Waals surface area contributed by atoms with Gasteiger partial charge in [-0.3, -0.25) is 9.59 Å². The van der Waals surface area contributed by atoms with Crippen LogP contribution in [-0.2, 0) is 16.1 Å². The van der Waals surface area contributed by atoms with E-state index >= 15 is 0 Å². The maximum Gasteiger partial charge on any atom is 0.306 e. The highest BCUT2D eigenvalue weighted by atomic mass is 32.1. The molecule has 4 rings (SSSR count). The third-order valence-corrected chi connectivity index (χ3v) is 7.39. The highest BCUT2D eigenvalue weighted by molar-refractivity contribution is 7.15. The molecule has 3 aromatic rings. The lowest BCUT2D eigenvalue weighted by Gasteiger charge is -2.31. The maximum atomic E-state index is 12.3. The molecule has 34 heavy (non-hydrogen) atoms. The monoisotopic (exact) mass is 478 g/mol. The van der Waals surface area contributed by atoms with Gasteiger partial charge in [-0.15, -0.1) is 11.3 Å². The van der Waals surface area contributed by atoms with Crippen molar-refractivity contribution < 1.29 is 14.7 Å². The Balaban J connectivity index is 1.40. The highest BCUT2D eigenvalue weighted by Crippen LogP contribution is 2.32. The van der Waals surface area contributed by atoms with Crippen molar-refractivity contribution in [3.63, 3.8) is 0 Å². The first-order chi connectivity index (χ1) is 16.4. The molecule has 2 N–H and O–H groups in total. The minimum atomic E-state index is -0.698. The molecule has 0 aliphatic heterocycles. The fourth-order valence-electron chi connectivity index (χ4n) is 4.37. The lowest BCUT2D eigenvalue weighted by molar-refractivity contribution is -0.143. The summed E-state index contributed by atoms with van der Waals surface area (Å²) in [6, 6.07) is 13.9. The summed E-state index contributed by atoms with van der Waals surface area (Å²) in [6.07, 6.45) is 4.88. The van der Waals surface area contributed by atoms with E-state index < -0.39 is 5.97 Å². The number of aliphatic carboxylic acids is 1. The standard InChI is InChI=1S/C26H30N4O3S/c1-17-12-13-27-25(14-17)29-24-5-3-4-22(28-24)23-11-10-21(34-23)16-30(18(2)31)15-19-6-8-20(9-7-19)26(32)33/h3-5,10-14,19-20H,6-9,15-16H2,1-2H3,(H,32,33)(H,27,28,29). The van der Waals surface area contributed by atoms with Crippen LogP contribution in [0.15, 0.2) is 48.7 Å². The van der Waals surface area contributed by atoms with E-state index in [1.165, 1.54) is 0 Å². The molecule has 1 saturated carbocycles. The number of aromatic nitrogens is 2. The van der Waals surface area contributed by atoms with Crippen molar-refractivity contribution in [1.82, 2.24) is 14.9 Å². The van der Waals surface area contributed by atoms with Crippen LogP contribution in [0.1, 0.15) is 43.0 Å². The van der Waals surface area contributed by atoms with Crippen molar-refractivity contribution in [3.8, 4) is 10.6 Å². The molecule has 3 aromatic heterocycles. The van der Waals surface area contributed by atoms with Crippen LogP contribution in [0.5, 0.6) is 0 Å². The van der Waals surface area contributed by atoms with Gasteiger partial charge in [-0.1, -0.05) is 6.07 Å². The van der Waals surface area contributed by atoms with Crippen LogP contribution >= 0.6 is 11.3 Å². The molecule has 1 amide bonds. The van der Waals surface area contributed by atoms with Gasteiger partial charge in [-0.2, -0.15) is 0 Å². The van der Waals surface area contributed by atoms with Gasteiger partial charge in [-0.05, 0) is 80.5 Å². The van der Waals surface area contributed by atoms with Crippen LogP contribution in [-0.4, -0.2) is 38.4 Å². The molecule has 3 heterocycles. The summed E-state index contributed by atoms with van der Waals surface area (Å²) in [7, 11) is 0. The number of anilines is 2. The second-order valence-corrected chi connectivity index (χ2v) is 10.1. The quantitative estimate of drug-likeness (QED) is 0.444. The number of amides is 1. The molecular formula is C26H30N4O3S. The number of nitrogens with one attached hydrogen (secondary N) is 1. The van der Waals surface area contributed by atoms with E-state index in [1.807, 2.05) is 48.2 Å². The molecule has 0 atom stereocenters. The third kappa shape index (κ3) is 6.20. The molecule has 1 aliphatic carbocycles. The summed E-state index contributed by atoms with van der Waals surface area (Å²) in [6.45, 7) is 4.86. The van der Waals surface area contributed by atoms with Crippen LogP contribution in [0, 0.1) is 18.8 Å². The van der Waals surface area contributed by atoms with Crippen LogP contribution in [0.25, 0.3) is 10.6 Å². The number of hydrogen-bond acceptors (Lipinski definition) is 6. The molecule has 0 unspecified atom stereocenters. The average Bonchev–Trinajstić information content (AvgIpc) is 3.28. The summed E-state index contributed by atoms with van der Waals surface area (Å²) < 4.78 is 0. The molecule has 0 spiro atoms. The van der Waals surface area contributed by atoms with Gasteiger partial charge in [0.1, 0.15) is 11.6 Å². The number of carboxylic acid groups (broad SMARTS) is 1. The molecule has 0 radical (unpaired) electrons. The number of pyridine rings is 2. The van der Waals surface area contributed by atoms with E-state index in [0.717, 1.165) is 45.5 Å². The zero-order chi connectivity index (χ0) is 24.1. The Kier molecular flexibility index (Phi) is 7.57. The number of hydrogen-bond donors (Lipinski definition) is 2. The number of nitrogens with zero attached hydrogens (tertiary/aromatic N) is 3. The molecule has 0 bridgehead atoms. The Morgan fingerprint density at radius 3 is 2.62 bits per heavy atom. The Morgan fingerprint density at radius 2 is 1.91 bits per heavy atom. The van der Waals surface area contributed by atoms with Crippen molar-refractivity contribution in [3.05, 3.63) is 59.1 Å². The largest absolute Gasteiger partial charge is 0.481 e. The second-order valence-electron chi connectivity index (χ2n) is 8.97. The Labute approximate surface area is 203 Å².